The Balaban J connectivity index is 1.55. The maximum Gasteiger partial charge on any atom is 0.165 e. The molecular formula is C24H23N7O2. The summed E-state index contributed by atoms with van der Waals surface area (Å²) in [6.07, 6.45) is 3.49. The number of anilines is 3. The van der Waals surface area contributed by atoms with Crippen LogP contribution in [-0.2, 0) is 0 Å². The Labute approximate surface area is 190 Å². The summed E-state index contributed by atoms with van der Waals surface area (Å²) in [5.74, 6) is 0.417. The van der Waals surface area contributed by atoms with E-state index < -0.39 is 0 Å². The molecule has 1 aliphatic heterocycles. The molecule has 0 unspecified atom stereocenters. The average molecular weight is 441 g/mol. The summed E-state index contributed by atoms with van der Waals surface area (Å²) in [6, 6.07) is 16.8. The number of nitrogens with zero attached hydrogens (tertiary/aromatic N) is 6. The van der Waals surface area contributed by atoms with Crippen molar-refractivity contribution in [2.24, 2.45) is 5.29 Å². The monoisotopic (exact) mass is 441 g/mol. The number of ketones is 1. The highest BCUT2D eigenvalue weighted by Gasteiger charge is 2.21. The van der Waals surface area contributed by atoms with Crippen molar-refractivity contribution in [1.29, 1.82) is 0 Å². The van der Waals surface area contributed by atoms with Gasteiger partial charge in [-0.1, -0.05) is 36.4 Å². The predicted molar refractivity (Wildman–Crippen MR) is 128 cm³/mol. The van der Waals surface area contributed by atoms with Crippen molar-refractivity contribution in [3.05, 3.63) is 77.5 Å². The minimum Gasteiger partial charge on any atom is -0.367 e. The van der Waals surface area contributed by atoms with Crippen LogP contribution in [0.1, 0.15) is 17.3 Å². The number of carbonyl (C=O) groups excluding carboxylic acids is 1. The molecular weight excluding hydrogens is 418 g/mol. The van der Waals surface area contributed by atoms with Crippen molar-refractivity contribution in [3.63, 3.8) is 0 Å². The summed E-state index contributed by atoms with van der Waals surface area (Å²) in [5, 5.41) is 12.4. The van der Waals surface area contributed by atoms with Crippen molar-refractivity contribution in [1.82, 2.24) is 19.9 Å². The van der Waals surface area contributed by atoms with Crippen LogP contribution in [0.3, 0.4) is 0 Å². The fourth-order valence-corrected chi connectivity index (χ4v) is 4.09. The van der Waals surface area contributed by atoms with Crippen LogP contribution in [-0.4, -0.2) is 46.6 Å². The van der Waals surface area contributed by atoms with E-state index in [4.69, 9.17) is 4.98 Å². The number of piperazine rings is 1. The molecule has 2 aromatic heterocycles. The van der Waals surface area contributed by atoms with E-state index in [0.29, 0.717) is 22.7 Å². The van der Waals surface area contributed by atoms with Crippen molar-refractivity contribution in [3.8, 4) is 11.1 Å². The smallest absolute Gasteiger partial charge is 0.165 e. The number of nitroso groups, excluding NO2 is 1. The zero-order valence-electron chi connectivity index (χ0n) is 18.2. The average Bonchev–Trinajstić information content (AvgIpc) is 3.29. The van der Waals surface area contributed by atoms with Gasteiger partial charge in [-0.3, -0.25) is 4.79 Å². The summed E-state index contributed by atoms with van der Waals surface area (Å²) in [5.41, 5.74) is 4.53. The second-order valence-corrected chi connectivity index (χ2v) is 7.86. The van der Waals surface area contributed by atoms with Gasteiger partial charge in [-0.25, -0.2) is 9.50 Å². The van der Waals surface area contributed by atoms with E-state index in [1.54, 1.807) is 35.1 Å². The number of benzene rings is 2. The predicted octanol–water partition coefficient (Wildman–Crippen LogP) is 3.83. The molecule has 1 saturated heterocycles. The first kappa shape index (κ1) is 20.8. The minimum absolute atomic E-state index is 0.0117. The number of Topliss-reactive ketones (excluding diaryl/α,β-unsaturated/α-hetero) is 1. The third-order valence-electron chi connectivity index (χ3n) is 5.82. The number of hydrogen-bond donors (Lipinski definition) is 1. The van der Waals surface area contributed by atoms with Gasteiger partial charge in [0.25, 0.3) is 0 Å². The maximum absolute atomic E-state index is 12.0. The molecule has 9 heteroatoms. The Morgan fingerprint density at radius 2 is 1.82 bits per heavy atom. The molecule has 1 N–H and O–H groups in total. The first-order chi connectivity index (χ1) is 16.2. The van der Waals surface area contributed by atoms with Gasteiger partial charge in [-0.2, -0.15) is 10.1 Å². The van der Waals surface area contributed by atoms with Crippen molar-refractivity contribution in [2.45, 2.75) is 6.92 Å². The number of carbonyl (C=O) groups is 1. The standard InChI is InChI=1S/C24H23N7O2/c1-17(32)18-6-8-19(9-7-18)20-16-26-30-13-10-23(27-24(20)30)31(28-33)22-5-3-2-4-21(22)29-14-11-25-12-15-29/h2-10,13,16,25H,11-12,14-15H2,1H3. The Hall–Kier alpha value is -4.11. The molecule has 0 aliphatic carbocycles. The molecule has 9 nitrogen and oxygen atoms in total. The molecule has 166 valence electrons. The third-order valence-corrected chi connectivity index (χ3v) is 5.82. The topological polar surface area (TPSA) is 95.2 Å². The van der Waals surface area contributed by atoms with Gasteiger partial charge in [-0.05, 0) is 24.6 Å². The molecule has 0 saturated carbocycles. The lowest BCUT2D eigenvalue weighted by molar-refractivity contribution is 0.101. The van der Waals surface area contributed by atoms with E-state index >= 15 is 0 Å². The van der Waals surface area contributed by atoms with Gasteiger partial charge in [-0.15, -0.1) is 4.91 Å². The first-order valence-corrected chi connectivity index (χ1v) is 10.8. The van der Waals surface area contributed by atoms with Crippen molar-refractivity contribution >= 4 is 28.6 Å². The van der Waals surface area contributed by atoms with E-state index in [-0.39, 0.29) is 5.78 Å². The molecule has 0 atom stereocenters. The fraction of sp³-hybridized carbons (Fsp3) is 0.208. The molecule has 5 rings (SSSR count). The lowest BCUT2D eigenvalue weighted by Crippen LogP contribution is -2.43. The van der Waals surface area contributed by atoms with Crippen LogP contribution in [0.4, 0.5) is 17.2 Å². The number of para-hydroxylation sites is 2. The molecule has 3 heterocycles. The van der Waals surface area contributed by atoms with Crippen LogP contribution in [0.15, 0.2) is 72.3 Å². The summed E-state index contributed by atoms with van der Waals surface area (Å²) in [4.78, 5) is 30.6. The Morgan fingerprint density at radius 1 is 1.06 bits per heavy atom. The normalized spacial score (nSPS) is 13.8. The van der Waals surface area contributed by atoms with Crippen LogP contribution in [0.5, 0.6) is 0 Å². The van der Waals surface area contributed by atoms with Gasteiger partial charge in [0.05, 0.1) is 22.9 Å². The Kier molecular flexibility index (Phi) is 5.54. The highest BCUT2D eigenvalue weighted by atomic mass is 16.3. The van der Waals surface area contributed by atoms with Gasteiger partial charge >= 0.3 is 0 Å². The molecule has 33 heavy (non-hydrogen) atoms. The first-order valence-electron chi connectivity index (χ1n) is 10.8. The molecule has 1 fully saturated rings. The molecule has 0 bridgehead atoms. The van der Waals surface area contributed by atoms with E-state index in [9.17, 15) is 9.70 Å². The second-order valence-electron chi connectivity index (χ2n) is 7.86. The molecule has 0 spiro atoms. The second kappa shape index (κ2) is 8.79. The highest BCUT2D eigenvalue weighted by molar-refractivity contribution is 5.94. The van der Waals surface area contributed by atoms with E-state index in [2.05, 4.69) is 20.6 Å². The Bertz CT molecular complexity index is 1310. The zero-order chi connectivity index (χ0) is 22.8. The van der Waals surface area contributed by atoms with E-state index in [1.807, 2.05) is 36.4 Å². The molecule has 4 aromatic rings. The summed E-state index contributed by atoms with van der Waals surface area (Å²) < 4.78 is 1.66. The van der Waals surface area contributed by atoms with E-state index in [1.165, 1.54) is 11.9 Å². The van der Waals surface area contributed by atoms with Crippen molar-refractivity contribution in [2.75, 3.05) is 36.1 Å². The number of rotatable bonds is 6. The van der Waals surface area contributed by atoms with Crippen molar-refractivity contribution < 1.29 is 4.79 Å². The minimum atomic E-state index is 0.0117. The number of hydrogen-bond acceptors (Lipinski definition) is 7. The quantitative estimate of drug-likeness (QED) is 0.276. The lowest BCUT2D eigenvalue weighted by atomic mass is 10.1. The number of aromatic nitrogens is 3. The van der Waals surface area contributed by atoms with Crippen LogP contribution in [0.25, 0.3) is 16.8 Å². The zero-order valence-corrected chi connectivity index (χ0v) is 18.2. The summed E-state index contributed by atoms with van der Waals surface area (Å²) in [7, 11) is 0. The van der Waals surface area contributed by atoms with Gasteiger partial charge in [0, 0.05) is 49.6 Å². The van der Waals surface area contributed by atoms with Gasteiger partial charge in [0.1, 0.15) is 0 Å². The Morgan fingerprint density at radius 3 is 2.55 bits per heavy atom. The number of nitrogens with one attached hydrogen (secondary N) is 1. The van der Waals surface area contributed by atoms with Crippen LogP contribution in [0, 0.1) is 4.91 Å². The van der Waals surface area contributed by atoms with Crippen LogP contribution >= 0.6 is 0 Å². The number of fused-ring (bicyclic) bond motifs is 1. The summed E-state index contributed by atoms with van der Waals surface area (Å²) in [6.45, 7) is 5.00. The molecule has 0 amide bonds. The van der Waals surface area contributed by atoms with Gasteiger partial charge in [0.2, 0.25) is 0 Å². The van der Waals surface area contributed by atoms with Gasteiger partial charge in [0.15, 0.2) is 17.2 Å². The SMILES string of the molecule is CC(=O)c1ccc(-c2cnn3ccc(N(N=O)c4ccccc4N4CCNCC4)nc23)cc1. The van der Waals surface area contributed by atoms with E-state index in [0.717, 1.165) is 43.0 Å². The van der Waals surface area contributed by atoms with Gasteiger partial charge < -0.3 is 10.2 Å². The summed E-state index contributed by atoms with van der Waals surface area (Å²) >= 11 is 0. The molecule has 1 aliphatic rings. The molecule has 2 aromatic carbocycles. The van der Waals surface area contributed by atoms with Crippen LogP contribution in [0.2, 0.25) is 0 Å². The molecule has 0 radical (unpaired) electrons. The van der Waals surface area contributed by atoms with Crippen LogP contribution < -0.4 is 15.2 Å². The largest absolute Gasteiger partial charge is 0.367 e. The lowest BCUT2D eigenvalue weighted by Gasteiger charge is -2.32. The maximum atomic E-state index is 12.0. The fourth-order valence-electron chi connectivity index (χ4n) is 4.09. The highest BCUT2D eigenvalue weighted by Crippen LogP contribution is 2.35. The third kappa shape index (κ3) is 3.94.